The maximum absolute atomic E-state index is 11.9. The van der Waals surface area contributed by atoms with Gasteiger partial charge in [-0.2, -0.15) is 0 Å². The molecule has 0 atom stereocenters. The van der Waals surface area contributed by atoms with Crippen molar-refractivity contribution in [3.8, 4) is 5.75 Å². The molecular weight excluding hydrogens is 306 g/mol. The molecule has 0 aliphatic rings. The van der Waals surface area contributed by atoms with Crippen molar-refractivity contribution in [1.82, 2.24) is 5.32 Å². The van der Waals surface area contributed by atoms with E-state index in [9.17, 15) is 4.79 Å². The van der Waals surface area contributed by atoms with Gasteiger partial charge in [0.15, 0.2) is 0 Å². The molecule has 0 aliphatic heterocycles. The van der Waals surface area contributed by atoms with E-state index < -0.39 is 0 Å². The molecule has 0 saturated heterocycles. The topological polar surface area (TPSA) is 38.3 Å². The quantitative estimate of drug-likeness (QED) is 0.590. The van der Waals surface area contributed by atoms with Gasteiger partial charge >= 0.3 is 0 Å². The number of ether oxygens (including phenoxy) is 1. The van der Waals surface area contributed by atoms with Crippen molar-refractivity contribution < 1.29 is 9.53 Å². The Balaban J connectivity index is 1.62. The smallest absolute Gasteiger partial charge is 0.220 e. The molecule has 0 unspecified atom stereocenters. The van der Waals surface area contributed by atoms with Crippen molar-refractivity contribution in [1.29, 1.82) is 0 Å². The number of aryl methyl sites for hydroxylation is 2. The number of carbonyl (C=O) groups is 1. The van der Waals surface area contributed by atoms with Gasteiger partial charge in [0.1, 0.15) is 5.75 Å². The second kappa shape index (κ2) is 9.26. The van der Waals surface area contributed by atoms with E-state index in [2.05, 4.69) is 36.5 Å². The van der Waals surface area contributed by atoms with Crippen LogP contribution in [0.25, 0.3) is 0 Å². The predicted octanol–water partition coefficient (Wildman–Crippen LogP) is 3.84. The van der Waals surface area contributed by atoms with Crippen molar-refractivity contribution in [3.63, 3.8) is 0 Å². The molecule has 2 aromatic rings. The summed E-state index contributed by atoms with van der Waals surface area (Å²) in [7, 11) is 1.65. The number of carbonyl (C=O) groups excluding carboxylic acids is 1. The molecule has 1 amide bonds. The molecule has 0 heterocycles. The first-order chi connectivity index (χ1) is 11.2. The summed E-state index contributed by atoms with van der Waals surface area (Å²) in [5.41, 5.74) is 2.41. The first-order valence-corrected chi connectivity index (χ1v) is 8.75. The third-order valence-corrected chi connectivity index (χ3v) is 4.53. The predicted molar refractivity (Wildman–Crippen MR) is 96.2 cm³/mol. The summed E-state index contributed by atoms with van der Waals surface area (Å²) in [6.45, 7) is 2.78. The van der Waals surface area contributed by atoms with Gasteiger partial charge in [-0.15, -0.1) is 11.8 Å². The van der Waals surface area contributed by atoms with Crippen LogP contribution in [0.15, 0.2) is 53.4 Å². The summed E-state index contributed by atoms with van der Waals surface area (Å²) in [4.78, 5) is 13.1. The van der Waals surface area contributed by atoms with Gasteiger partial charge in [-0.1, -0.05) is 29.8 Å². The number of amides is 1. The Hall–Kier alpha value is -1.94. The summed E-state index contributed by atoms with van der Waals surface area (Å²) in [5.74, 6) is 1.83. The molecule has 0 fully saturated rings. The SMILES string of the molecule is COc1ccc(CCC(=O)NCCSc2ccc(C)cc2)cc1. The van der Waals surface area contributed by atoms with Crippen molar-refractivity contribution in [2.45, 2.75) is 24.7 Å². The Labute approximate surface area is 142 Å². The highest BCUT2D eigenvalue weighted by atomic mass is 32.2. The van der Waals surface area contributed by atoms with Gasteiger partial charge in [0.2, 0.25) is 5.91 Å². The number of rotatable bonds is 8. The number of methoxy groups -OCH3 is 1. The van der Waals surface area contributed by atoms with Gasteiger partial charge in [-0.25, -0.2) is 0 Å². The highest BCUT2D eigenvalue weighted by Gasteiger charge is 2.02. The molecule has 0 aliphatic carbocycles. The van der Waals surface area contributed by atoms with Crippen molar-refractivity contribution in [2.24, 2.45) is 0 Å². The van der Waals surface area contributed by atoms with Crippen molar-refractivity contribution >= 4 is 17.7 Å². The van der Waals surface area contributed by atoms with Crippen LogP contribution in [0, 0.1) is 6.92 Å². The zero-order valence-electron chi connectivity index (χ0n) is 13.7. The Kier molecular flexibility index (Phi) is 7.01. The molecule has 4 heteroatoms. The second-order valence-corrected chi connectivity index (χ2v) is 6.53. The zero-order chi connectivity index (χ0) is 16.5. The summed E-state index contributed by atoms with van der Waals surface area (Å²) in [6, 6.07) is 16.3. The highest BCUT2D eigenvalue weighted by Crippen LogP contribution is 2.17. The molecule has 1 N–H and O–H groups in total. The van der Waals surface area contributed by atoms with Crippen molar-refractivity contribution in [3.05, 3.63) is 59.7 Å². The number of hydrogen-bond acceptors (Lipinski definition) is 3. The molecule has 2 rings (SSSR count). The summed E-state index contributed by atoms with van der Waals surface area (Å²) >= 11 is 1.76. The summed E-state index contributed by atoms with van der Waals surface area (Å²) < 4.78 is 5.12. The van der Waals surface area contributed by atoms with Crippen LogP contribution in [0.2, 0.25) is 0 Å². The average molecular weight is 329 g/mol. The first-order valence-electron chi connectivity index (χ1n) is 7.76. The molecule has 0 radical (unpaired) electrons. The zero-order valence-corrected chi connectivity index (χ0v) is 14.5. The van der Waals surface area contributed by atoms with Crippen LogP contribution in [-0.2, 0) is 11.2 Å². The Bertz CT molecular complexity index is 608. The normalized spacial score (nSPS) is 10.3. The molecule has 23 heavy (non-hydrogen) atoms. The molecule has 0 spiro atoms. The number of benzene rings is 2. The van der Waals surface area contributed by atoms with Gasteiger partial charge in [0.25, 0.3) is 0 Å². The van der Waals surface area contributed by atoms with E-state index in [1.54, 1.807) is 18.9 Å². The Morgan fingerprint density at radius 1 is 1.09 bits per heavy atom. The van der Waals surface area contributed by atoms with E-state index in [1.165, 1.54) is 10.5 Å². The molecule has 2 aromatic carbocycles. The minimum Gasteiger partial charge on any atom is -0.497 e. The Morgan fingerprint density at radius 2 is 1.78 bits per heavy atom. The van der Waals surface area contributed by atoms with Gasteiger partial charge in [0.05, 0.1) is 7.11 Å². The van der Waals surface area contributed by atoms with Crippen LogP contribution in [0.4, 0.5) is 0 Å². The minimum absolute atomic E-state index is 0.102. The van der Waals surface area contributed by atoms with Crippen LogP contribution in [0.5, 0.6) is 5.75 Å². The van der Waals surface area contributed by atoms with Crippen LogP contribution < -0.4 is 10.1 Å². The maximum atomic E-state index is 11.9. The third-order valence-electron chi connectivity index (χ3n) is 3.51. The number of thioether (sulfide) groups is 1. The van der Waals surface area contributed by atoms with E-state index in [0.29, 0.717) is 13.0 Å². The lowest BCUT2D eigenvalue weighted by atomic mass is 10.1. The third kappa shape index (κ3) is 6.37. The Morgan fingerprint density at radius 3 is 2.43 bits per heavy atom. The van der Waals surface area contributed by atoms with E-state index >= 15 is 0 Å². The lowest BCUT2D eigenvalue weighted by Crippen LogP contribution is -2.25. The summed E-state index contributed by atoms with van der Waals surface area (Å²) in [5, 5.41) is 2.97. The van der Waals surface area contributed by atoms with Gasteiger partial charge < -0.3 is 10.1 Å². The first kappa shape index (κ1) is 17.4. The lowest BCUT2D eigenvalue weighted by Gasteiger charge is -2.06. The van der Waals surface area contributed by atoms with E-state index in [4.69, 9.17) is 4.74 Å². The average Bonchev–Trinajstić information content (AvgIpc) is 2.59. The molecular formula is C19H23NO2S. The van der Waals surface area contributed by atoms with Crippen LogP contribution >= 0.6 is 11.8 Å². The number of nitrogens with one attached hydrogen (secondary N) is 1. The largest absolute Gasteiger partial charge is 0.497 e. The number of hydrogen-bond donors (Lipinski definition) is 1. The van der Waals surface area contributed by atoms with Gasteiger partial charge in [0, 0.05) is 23.6 Å². The van der Waals surface area contributed by atoms with Crippen LogP contribution in [0.3, 0.4) is 0 Å². The summed E-state index contributed by atoms with van der Waals surface area (Å²) in [6.07, 6.45) is 1.27. The van der Waals surface area contributed by atoms with Crippen LogP contribution in [-0.4, -0.2) is 25.3 Å². The van der Waals surface area contributed by atoms with E-state index in [0.717, 1.165) is 23.5 Å². The standard InChI is InChI=1S/C19H23NO2S/c1-15-3-10-18(11-4-15)23-14-13-20-19(21)12-7-16-5-8-17(22-2)9-6-16/h3-6,8-11H,7,12-14H2,1-2H3,(H,20,21). The maximum Gasteiger partial charge on any atom is 0.220 e. The van der Waals surface area contributed by atoms with E-state index in [-0.39, 0.29) is 5.91 Å². The minimum atomic E-state index is 0.102. The molecule has 3 nitrogen and oxygen atoms in total. The second-order valence-electron chi connectivity index (χ2n) is 5.36. The lowest BCUT2D eigenvalue weighted by molar-refractivity contribution is -0.120. The van der Waals surface area contributed by atoms with Gasteiger partial charge in [-0.05, 0) is 43.2 Å². The van der Waals surface area contributed by atoms with Gasteiger partial charge in [-0.3, -0.25) is 4.79 Å². The fraction of sp³-hybridized carbons (Fsp3) is 0.316. The monoisotopic (exact) mass is 329 g/mol. The molecule has 122 valence electrons. The highest BCUT2D eigenvalue weighted by molar-refractivity contribution is 7.99. The molecule has 0 bridgehead atoms. The van der Waals surface area contributed by atoms with Crippen molar-refractivity contribution in [2.75, 3.05) is 19.4 Å². The fourth-order valence-corrected chi connectivity index (χ4v) is 2.90. The molecule has 0 aromatic heterocycles. The van der Waals surface area contributed by atoms with Crippen LogP contribution in [0.1, 0.15) is 17.5 Å². The van der Waals surface area contributed by atoms with E-state index in [1.807, 2.05) is 24.3 Å². The fourth-order valence-electron chi connectivity index (χ4n) is 2.13. The molecule has 0 saturated carbocycles.